The van der Waals surface area contributed by atoms with Gasteiger partial charge in [-0.3, -0.25) is 24.2 Å². The van der Waals surface area contributed by atoms with Crippen molar-refractivity contribution in [3.8, 4) is 0 Å². The van der Waals surface area contributed by atoms with Crippen molar-refractivity contribution in [3.05, 3.63) is 106 Å². The van der Waals surface area contributed by atoms with Crippen LogP contribution < -0.4 is 31.1 Å². The summed E-state index contributed by atoms with van der Waals surface area (Å²) < 4.78 is 65.9. The Hall–Kier alpha value is -5.95. The Bertz CT molecular complexity index is 2580. The number of benzene rings is 4. The van der Waals surface area contributed by atoms with Crippen LogP contribution in [0.1, 0.15) is 35.1 Å². The van der Waals surface area contributed by atoms with Gasteiger partial charge in [-0.2, -0.15) is 0 Å². The molecule has 4 aromatic carbocycles. The van der Waals surface area contributed by atoms with Gasteiger partial charge in [0.15, 0.2) is 0 Å². The number of piperazine rings is 1. The molecule has 0 saturated carbocycles. The molecule has 10 rings (SSSR count). The van der Waals surface area contributed by atoms with E-state index in [2.05, 4.69) is 40.9 Å². The van der Waals surface area contributed by atoms with Crippen LogP contribution in [0, 0.1) is 37.1 Å². The standard InChI is InChI=1S/C50H57F4N9O5/c1-27-4-6-40(53)38-18-42(57-47(27)38)49(66)55-31-12-29(51)14-35(16-31)60-10-8-33(20-60)62-22-37(26-64)68-45(24-62)44-23-63(25-46(65)59(44)3)34-9-11-61(21-34)36-15-30(52)13-32(17-36)56-50(67)43-19-39-41(54)7-5-28(2)48(39)58-43/h4-7,12-17,33-34,37,42-45,57-58,64H,8-11,18-26H2,1-3H3,(H,55,66)(H,56,67). The van der Waals surface area contributed by atoms with Gasteiger partial charge in [0.1, 0.15) is 35.4 Å². The molecular weight excluding hydrogens is 883 g/mol. The molecule has 5 N–H and O–H groups in total. The van der Waals surface area contributed by atoms with Gasteiger partial charge in [-0.25, -0.2) is 17.6 Å². The lowest BCUT2D eigenvalue weighted by Crippen LogP contribution is -2.66. The van der Waals surface area contributed by atoms with Crippen LogP contribution in [-0.4, -0.2) is 146 Å². The molecule has 68 heavy (non-hydrogen) atoms. The van der Waals surface area contributed by atoms with Crippen LogP contribution in [0.5, 0.6) is 0 Å². The van der Waals surface area contributed by atoms with Gasteiger partial charge < -0.3 is 45.8 Å². The molecular formula is C50H57F4N9O5. The Morgan fingerprint density at radius 1 is 0.706 bits per heavy atom. The largest absolute Gasteiger partial charge is 0.394 e. The van der Waals surface area contributed by atoms with Gasteiger partial charge in [-0.05, 0) is 86.3 Å². The lowest BCUT2D eigenvalue weighted by atomic mass is 10.00. The maximum atomic E-state index is 15.2. The zero-order chi connectivity index (χ0) is 47.5. The van der Waals surface area contributed by atoms with Crippen molar-refractivity contribution in [2.45, 2.75) is 81.9 Å². The van der Waals surface area contributed by atoms with Gasteiger partial charge in [-0.1, -0.05) is 12.1 Å². The number of nitrogens with one attached hydrogen (secondary N) is 4. The van der Waals surface area contributed by atoms with Gasteiger partial charge in [0.05, 0.1) is 31.4 Å². The smallest absolute Gasteiger partial charge is 0.247 e. The molecule has 3 amide bonds. The number of hydrogen-bond acceptors (Lipinski definition) is 11. The number of morpholine rings is 1. The number of halogens is 4. The van der Waals surface area contributed by atoms with Crippen LogP contribution >= 0.6 is 0 Å². The molecule has 0 bridgehead atoms. The zero-order valence-electron chi connectivity index (χ0n) is 38.3. The average Bonchev–Trinajstić information content (AvgIpc) is 4.16. The first-order chi connectivity index (χ1) is 32.7. The zero-order valence-corrected chi connectivity index (χ0v) is 38.3. The Morgan fingerprint density at radius 3 is 1.72 bits per heavy atom. The molecule has 18 heteroatoms. The number of aliphatic hydroxyl groups is 1. The SMILES string of the molecule is Cc1ccc(F)c2c1NC(C(=O)Nc1cc(F)cc(N3CCC(N4CC(CO)OC(C5CN(C6CCN(c7cc(F)cc(NC(=O)C8Cc9c(F)ccc(C)c9N8)c7)C6)CC(=O)N5C)C4)C3)c1)C2. The second kappa shape index (κ2) is 18.5. The molecule has 0 aliphatic carbocycles. The highest BCUT2D eigenvalue weighted by Crippen LogP contribution is 2.36. The van der Waals surface area contributed by atoms with Gasteiger partial charge >= 0.3 is 0 Å². The van der Waals surface area contributed by atoms with Crippen molar-refractivity contribution < 1.29 is 41.8 Å². The van der Waals surface area contributed by atoms with Crippen molar-refractivity contribution >= 4 is 51.8 Å². The fourth-order valence-corrected chi connectivity index (χ4v) is 11.2. The number of hydrogen-bond donors (Lipinski definition) is 5. The number of ether oxygens (including phenoxy) is 1. The minimum atomic E-state index is -0.706. The van der Waals surface area contributed by atoms with E-state index in [0.717, 1.165) is 24.0 Å². The third-order valence-electron chi connectivity index (χ3n) is 14.9. The summed E-state index contributed by atoms with van der Waals surface area (Å²) in [7, 11) is 1.79. The van der Waals surface area contributed by atoms with Crippen LogP contribution in [0.3, 0.4) is 0 Å². The summed E-state index contributed by atoms with van der Waals surface area (Å²) in [6, 6.07) is 13.3. The van der Waals surface area contributed by atoms with Crippen molar-refractivity contribution in [1.29, 1.82) is 0 Å². The molecule has 0 radical (unpaired) electrons. The monoisotopic (exact) mass is 939 g/mol. The van der Waals surface area contributed by atoms with Gasteiger partial charge in [0.2, 0.25) is 17.7 Å². The average molecular weight is 940 g/mol. The molecule has 4 saturated heterocycles. The van der Waals surface area contributed by atoms with Crippen molar-refractivity contribution in [1.82, 2.24) is 14.7 Å². The van der Waals surface area contributed by atoms with Crippen LogP contribution in [-0.2, 0) is 32.0 Å². The van der Waals surface area contributed by atoms with E-state index >= 15 is 8.78 Å². The first kappa shape index (κ1) is 45.8. The summed E-state index contributed by atoms with van der Waals surface area (Å²) in [5.74, 6) is -2.58. The third kappa shape index (κ3) is 9.06. The second-order valence-corrected chi connectivity index (χ2v) is 19.3. The third-order valence-corrected chi connectivity index (χ3v) is 14.9. The van der Waals surface area contributed by atoms with E-state index in [0.29, 0.717) is 91.1 Å². The number of rotatable bonds is 10. The van der Waals surface area contributed by atoms with Crippen molar-refractivity contribution in [2.24, 2.45) is 0 Å². The molecule has 4 fully saturated rings. The van der Waals surface area contributed by atoms with E-state index in [1.165, 1.54) is 36.4 Å². The molecule has 14 nitrogen and oxygen atoms in total. The number of aliphatic hydroxyl groups excluding tert-OH is 1. The summed E-state index contributed by atoms with van der Waals surface area (Å²) in [6.45, 7) is 7.58. The number of aryl methyl sites for hydroxylation is 2. The number of carbonyl (C=O) groups is 3. The predicted molar refractivity (Wildman–Crippen MR) is 251 cm³/mol. The van der Waals surface area contributed by atoms with E-state index < -0.39 is 41.8 Å². The molecule has 4 aromatic rings. The molecule has 0 aromatic heterocycles. The Balaban J connectivity index is 0.763. The highest BCUT2D eigenvalue weighted by atomic mass is 19.1. The van der Waals surface area contributed by atoms with Crippen molar-refractivity contribution in [2.75, 3.05) is 97.1 Å². The number of nitrogens with zero attached hydrogens (tertiary/aromatic N) is 5. The highest BCUT2D eigenvalue weighted by Gasteiger charge is 2.45. The number of fused-ring (bicyclic) bond motifs is 2. The number of likely N-dealkylation sites (N-methyl/N-ethyl adjacent to an activating group) is 1. The lowest BCUT2D eigenvalue weighted by molar-refractivity contribution is -0.162. The molecule has 0 spiro atoms. The van der Waals surface area contributed by atoms with E-state index in [4.69, 9.17) is 4.74 Å². The summed E-state index contributed by atoms with van der Waals surface area (Å²) >= 11 is 0. The molecule has 7 atom stereocenters. The highest BCUT2D eigenvalue weighted by molar-refractivity contribution is 5.99. The van der Waals surface area contributed by atoms with Gasteiger partial charge in [-0.15, -0.1) is 0 Å². The fraction of sp³-hybridized carbons (Fsp3) is 0.460. The fourth-order valence-electron chi connectivity index (χ4n) is 11.2. The van der Waals surface area contributed by atoms with E-state index in [1.807, 2.05) is 13.8 Å². The van der Waals surface area contributed by atoms with E-state index in [-0.39, 0.29) is 67.6 Å². The van der Waals surface area contributed by atoms with Gasteiger partial charge in [0, 0.05) is 123 Å². The van der Waals surface area contributed by atoms with Crippen LogP contribution in [0.4, 0.5) is 51.7 Å². The van der Waals surface area contributed by atoms with Crippen LogP contribution in [0.2, 0.25) is 0 Å². The number of amides is 3. The Labute approximate surface area is 392 Å². The minimum Gasteiger partial charge on any atom is -0.394 e. The van der Waals surface area contributed by atoms with E-state index in [9.17, 15) is 28.3 Å². The van der Waals surface area contributed by atoms with Crippen LogP contribution in [0.25, 0.3) is 0 Å². The molecule has 7 unspecified atom stereocenters. The molecule has 6 aliphatic rings. The maximum Gasteiger partial charge on any atom is 0.247 e. The quantitative estimate of drug-likeness (QED) is 0.139. The van der Waals surface area contributed by atoms with Crippen LogP contribution in [0.15, 0.2) is 60.7 Å². The first-order valence-electron chi connectivity index (χ1n) is 23.5. The summed E-state index contributed by atoms with van der Waals surface area (Å²) in [4.78, 5) is 50.7. The summed E-state index contributed by atoms with van der Waals surface area (Å²) in [6.07, 6.45) is 0.956. The molecule has 6 aliphatic heterocycles. The number of anilines is 6. The lowest BCUT2D eigenvalue weighted by Gasteiger charge is -2.49. The Kier molecular flexibility index (Phi) is 12.5. The first-order valence-corrected chi connectivity index (χ1v) is 23.5. The normalized spacial score (nSPS) is 26.1. The van der Waals surface area contributed by atoms with Gasteiger partial charge in [0.25, 0.3) is 0 Å². The van der Waals surface area contributed by atoms with E-state index in [1.54, 1.807) is 36.2 Å². The Morgan fingerprint density at radius 2 is 1.22 bits per heavy atom. The number of carbonyl (C=O) groups excluding carboxylic acids is 3. The van der Waals surface area contributed by atoms with Crippen molar-refractivity contribution in [3.63, 3.8) is 0 Å². The summed E-state index contributed by atoms with van der Waals surface area (Å²) in [5, 5.41) is 22.4. The molecule has 6 heterocycles. The topological polar surface area (TPSA) is 145 Å². The predicted octanol–water partition coefficient (Wildman–Crippen LogP) is 4.87. The summed E-state index contributed by atoms with van der Waals surface area (Å²) in [5.41, 5.74) is 5.66. The molecule has 360 valence electrons. The maximum absolute atomic E-state index is 15.2. The minimum absolute atomic E-state index is 0.0219. The second-order valence-electron chi connectivity index (χ2n) is 19.3.